The molecule has 0 saturated carbocycles. The Kier molecular flexibility index (Phi) is 6.46. The lowest BCUT2D eigenvalue weighted by atomic mass is 10.0. The molecule has 0 radical (unpaired) electrons. The summed E-state index contributed by atoms with van der Waals surface area (Å²) >= 11 is 4.97. The third kappa shape index (κ3) is 5.24. The van der Waals surface area contributed by atoms with Crippen molar-refractivity contribution < 1.29 is 14.5 Å². The Balaban J connectivity index is 1.55. The Bertz CT molecular complexity index is 1170. The Morgan fingerprint density at radius 3 is 2.50 bits per heavy atom. The maximum atomic E-state index is 12.1. The van der Waals surface area contributed by atoms with Crippen LogP contribution in [0.4, 0.5) is 5.69 Å². The summed E-state index contributed by atoms with van der Waals surface area (Å²) < 4.78 is 0. The number of hydrogen-bond donors (Lipinski definition) is 3. The lowest BCUT2D eigenvalue weighted by molar-refractivity contribution is -0.384. The van der Waals surface area contributed by atoms with Gasteiger partial charge in [0.2, 0.25) is 5.91 Å². The molecule has 2 amide bonds. The number of amides is 2. The van der Waals surface area contributed by atoms with Gasteiger partial charge in [-0.1, -0.05) is 48.5 Å². The predicted octanol–water partition coefficient (Wildman–Crippen LogP) is 3.10. The molecule has 0 heterocycles. The number of nitro groups is 1. The molecule has 0 aliphatic heterocycles. The van der Waals surface area contributed by atoms with Gasteiger partial charge in [-0.15, -0.1) is 0 Å². The summed E-state index contributed by atoms with van der Waals surface area (Å²) in [5, 5.41) is 15.1. The molecule has 150 valence electrons. The van der Waals surface area contributed by atoms with E-state index in [-0.39, 0.29) is 16.4 Å². The summed E-state index contributed by atoms with van der Waals surface area (Å²) in [6.07, 6.45) is 3.00. The van der Waals surface area contributed by atoms with Crippen LogP contribution in [-0.4, -0.2) is 21.9 Å². The Hall–Kier alpha value is -4.11. The standard InChI is InChI=1S/C21H16N4O4S/c26-19(12-11-15-7-3-6-14-5-1-2-10-18(14)15)22-21(30)24-23-20(27)16-8-4-9-17(13-16)25(28)29/h1-13H,(H,23,27)(H2,22,24,26,30)/b12-11+. The van der Waals surface area contributed by atoms with Gasteiger partial charge in [0.1, 0.15) is 0 Å². The molecule has 3 rings (SSSR count). The Labute approximate surface area is 176 Å². The molecule has 30 heavy (non-hydrogen) atoms. The number of benzene rings is 3. The van der Waals surface area contributed by atoms with Gasteiger partial charge in [-0.2, -0.15) is 0 Å². The second kappa shape index (κ2) is 9.39. The van der Waals surface area contributed by atoms with Crippen molar-refractivity contribution in [3.63, 3.8) is 0 Å². The molecule has 0 saturated heterocycles. The molecule has 0 aliphatic carbocycles. The number of hydrazine groups is 1. The van der Waals surface area contributed by atoms with E-state index in [0.717, 1.165) is 22.4 Å². The molecule has 0 fully saturated rings. The van der Waals surface area contributed by atoms with Gasteiger partial charge in [0, 0.05) is 23.8 Å². The van der Waals surface area contributed by atoms with E-state index in [1.54, 1.807) is 6.08 Å². The van der Waals surface area contributed by atoms with Crippen LogP contribution in [0.3, 0.4) is 0 Å². The van der Waals surface area contributed by atoms with Crippen LogP contribution in [0.2, 0.25) is 0 Å². The number of nitrogens with one attached hydrogen (secondary N) is 3. The van der Waals surface area contributed by atoms with Crippen molar-refractivity contribution in [2.24, 2.45) is 0 Å². The number of carbonyl (C=O) groups excluding carboxylic acids is 2. The molecule has 0 unspecified atom stereocenters. The SMILES string of the molecule is O=C(/C=C/c1cccc2ccccc12)NC(=S)NNC(=O)c1cccc([N+](=O)[O-])c1. The smallest absolute Gasteiger partial charge is 0.270 e. The van der Waals surface area contributed by atoms with Crippen LogP contribution in [0.25, 0.3) is 16.8 Å². The summed E-state index contributed by atoms with van der Waals surface area (Å²) in [6, 6.07) is 18.8. The fraction of sp³-hybridized carbons (Fsp3) is 0. The zero-order valence-electron chi connectivity index (χ0n) is 15.5. The molecule has 0 spiro atoms. The van der Waals surface area contributed by atoms with E-state index in [1.807, 2.05) is 42.5 Å². The van der Waals surface area contributed by atoms with E-state index >= 15 is 0 Å². The van der Waals surface area contributed by atoms with Gasteiger partial charge in [-0.05, 0) is 40.7 Å². The highest BCUT2D eigenvalue weighted by molar-refractivity contribution is 7.80. The van der Waals surface area contributed by atoms with E-state index in [0.29, 0.717) is 0 Å². The number of fused-ring (bicyclic) bond motifs is 1. The van der Waals surface area contributed by atoms with Crippen molar-refractivity contribution in [3.8, 4) is 0 Å². The number of nitrogens with zero attached hydrogens (tertiary/aromatic N) is 1. The van der Waals surface area contributed by atoms with Crippen LogP contribution in [-0.2, 0) is 4.79 Å². The van der Waals surface area contributed by atoms with Gasteiger partial charge in [0.15, 0.2) is 5.11 Å². The van der Waals surface area contributed by atoms with Gasteiger partial charge in [-0.25, -0.2) is 0 Å². The van der Waals surface area contributed by atoms with Gasteiger partial charge in [0.25, 0.3) is 11.6 Å². The predicted molar refractivity (Wildman–Crippen MR) is 117 cm³/mol. The first-order valence-corrected chi connectivity index (χ1v) is 9.16. The largest absolute Gasteiger partial charge is 0.298 e. The average Bonchev–Trinajstić information content (AvgIpc) is 2.76. The maximum Gasteiger partial charge on any atom is 0.270 e. The molecular weight excluding hydrogens is 404 g/mol. The molecule has 3 aromatic rings. The highest BCUT2D eigenvalue weighted by Gasteiger charge is 2.11. The van der Waals surface area contributed by atoms with Gasteiger partial charge in [0.05, 0.1) is 4.92 Å². The Morgan fingerprint density at radius 2 is 1.70 bits per heavy atom. The van der Waals surface area contributed by atoms with Crippen molar-refractivity contribution in [2.45, 2.75) is 0 Å². The fourth-order valence-corrected chi connectivity index (χ4v) is 2.84. The highest BCUT2D eigenvalue weighted by Crippen LogP contribution is 2.19. The maximum absolute atomic E-state index is 12.1. The molecule has 3 N–H and O–H groups in total. The van der Waals surface area contributed by atoms with Crippen LogP contribution in [0.15, 0.2) is 72.8 Å². The van der Waals surface area contributed by atoms with E-state index in [2.05, 4.69) is 16.2 Å². The highest BCUT2D eigenvalue weighted by atomic mass is 32.1. The van der Waals surface area contributed by atoms with Crippen LogP contribution in [0.5, 0.6) is 0 Å². The van der Waals surface area contributed by atoms with E-state index in [1.165, 1.54) is 24.3 Å². The lowest BCUT2D eigenvalue weighted by Crippen LogP contribution is -2.48. The second-order valence-electron chi connectivity index (χ2n) is 6.11. The zero-order chi connectivity index (χ0) is 21.5. The van der Waals surface area contributed by atoms with Gasteiger partial charge in [-0.3, -0.25) is 35.9 Å². The van der Waals surface area contributed by atoms with E-state index in [9.17, 15) is 19.7 Å². The summed E-state index contributed by atoms with van der Waals surface area (Å²) in [5.74, 6) is -1.12. The first-order valence-electron chi connectivity index (χ1n) is 8.75. The van der Waals surface area contributed by atoms with Crippen LogP contribution in [0, 0.1) is 10.1 Å². The van der Waals surface area contributed by atoms with Crippen LogP contribution < -0.4 is 16.2 Å². The normalized spacial score (nSPS) is 10.5. The number of non-ortho nitro benzene ring substituents is 1. The van der Waals surface area contributed by atoms with E-state index in [4.69, 9.17) is 12.2 Å². The Morgan fingerprint density at radius 1 is 0.967 bits per heavy atom. The first kappa shape index (κ1) is 20.6. The summed E-state index contributed by atoms with van der Waals surface area (Å²) in [5.41, 5.74) is 5.40. The first-order chi connectivity index (χ1) is 14.4. The third-order valence-corrected chi connectivity index (χ3v) is 4.29. The number of rotatable bonds is 4. The van der Waals surface area contributed by atoms with Gasteiger partial charge < -0.3 is 0 Å². The van der Waals surface area contributed by atoms with Crippen LogP contribution >= 0.6 is 12.2 Å². The average molecular weight is 420 g/mol. The molecule has 8 nitrogen and oxygen atoms in total. The fourth-order valence-electron chi connectivity index (χ4n) is 2.69. The second-order valence-corrected chi connectivity index (χ2v) is 6.51. The van der Waals surface area contributed by atoms with Crippen molar-refractivity contribution in [3.05, 3.63) is 94.0 Å². The molecule has 0 aliphatic rings. The van der Waals surface area contributed by atoms with Crippen molar-refractivity contribution in [1.29, 1.82) is 0 Å². The molecule has 3 aromatic carbocycles. The summed E-state index contributed by atoms with van der Waals surface area (Å²) in [6.45, 7) is 0. The van der Waals surface area contributed by atoms with Crippen LogP contribution in [0.1, 0.15) is 15.9 Å². The minimum absolute atomic E-state index is 0.0710. The molecule has 0 atom stereocenters. The monoisotopic (exact) mass is 420 g/mol. The van der Waals surface area contributed by atoms with E-state index < -0.39 is 16.7 Å². The minimum Gasteiger partial charge on any atom is -0.298 e. The number of thiocarbonyl (C=S) groups is 1. The number of carbonyl (C=O) groups is 2. The third-order valence-electron chi connectivity index (χ3n) is 4.08. The van der Waals surface area contributed by atoms with Crippen molar-refractivity contribution in [1.82, 2.24) is 16.2 Å². The molecule has 0 bridgehead atoms. The van der Waals surface area contributed by atoms with Gasteiger partial charge >= 0.3 is 0 Å². The molecule has 9 heteroatoms. The van der Waals surface area contributed by atoms with Crippen molar-refractivity contribution >= 4 is 51.7 Å². The number of nitro benzene ring substituents is 1. The topological polar surface area (TPSA) is 113 Å². The zero-order valence-corrected chi connectivity index (χ0v) is 16.3. The summed E-state index contributed by atoms with van der Waals surface area (Å²) in [4.78, 5) is 34.3. The summed E-state index contributed by atoms with van der Waals surface area (Å²) in [7, 11) is 0. The molecular formula is C21H16N4O4S. The molecule has 0 aromatic heterocycles. The quantitative estimate of drug-likeness (QED) is 0.259. The minimum atomic E-state index is -0.637. The van der Waals surface area contributed by atoms with Crippen molar-refractivity contribution in [2.75, 3.05) is 0 Å². The number of hydrogen-bond acceptors (Lipinski definition) is 5. The lowest BCUT2D eigenvalue weighted by Gasteiger charge is -2.09.